The van der Waals surface area contributed by atoms with Crippen LogP contribution in [-0.4, -0.2) is 55.4 Å². The van der Waals surface area contributed by atoms with Gasteiger partial charge in [0.15, 0.2) is 6.61 Å². The molecular formula is C20H25N3O6S. The van der Waals surface area contributed by atoms with Crippen LogP contribution in [0.25, 0.3) is 0 Å². The summed E-state index contributed by atoms with van der Waals surface area (Å²) in [7, 11) is -4.09. The lowest BCUT2D eigenvalue weighted by Crippen LogP contribution is -2.49. The zero-order chi connectivity index (χ0) is 22.3. The number of hydrogen-bond acceptors (Lipinski definition) is 7. The van der Waals surface area contributed by atoms with E-state index in [1.165, 1.54) is 12.1 Å². The Kier molecular flexibility index (Phi) is 7.93. The highest BCUT2D eigenvalue weighted by atomic mass is 32.2. The summed E-state index contributed by atoms with van der Waals surface area (Å²) in [6.45, 7) is 1.12. The number of aliphatic carboxylic acids is 1. The summed E-state index contributed by atoms with van der Waals surface area (Å²) in [4.78, 5) is 23.4. The summed E-state index contributed by atoms with van der Waals surface area (Å²) in [5.74, 6) is -1.50. The van der Waals surface area contributed by atoms with Crippen LogP contribution in [0.15, 0.2) is 53.4 Å². The number of sulfonamides is 1. The Morgan fingerprint density at radius 3 is 2.23 bits per heavy atom. The van der Waals surface area contributed by atoms with Crippen molar-refractivity contribution in [3.05, 3.63) is 59.7 Å². The average Bonchev–Trinajstić information content (AvgIpc) is 2.71. The van der Waals surface area contributed by atoms with Gasteiger partial charge < -0.3 is 21.3 Å². The SMILES string of the molecule is Cc1ccc(S(=O)(=O)N(CCN)C(=O)[C@@H](N)Cc2ccc(OCC(=O)O)cc2)cc1. The molecule has 0 aliphatic heterocycles. The fraction of sp³-hybridized carbons (Fsp3) is 0.300. The van der Waals surface area contributed by atoms with Crippen LogP contribution in [0.1, 0.15) is 11.1 Å². The van der Waals surface area contributed by atoms with Crippen molar-refractivity contribution in [2.24, 2.45) is 11.5 Å². The van der Waals surface area contributed by atoms with E-state index in [-0.39, 0.29) is 24.4 Å². The lowest BCUT2D eigenvalue weighted by atomic mass is 10.1. The average molecular weight is 436 g/mol. The molecule has 2 aromatic carbocycles. The molecule has 0 saturated carbocycles. The van der Waals surface area contributed by atoms with Crippen LogP contribution in [0, 0.1) is 6.92 Å². The second kappa shape index (κ2) is 10.2. The van der Waals surface area contributed by atoms with E-state index in [9.17, 15) is 18.0 Å². The molecular weight excluding hydrogens is 410 g/mol. The summed E-state index contributed by atoms with van der Waals surface area (Å²) < 4.78 is 31.6. The van der Waals surface area contributed by atoms with Crippen molar-refractivity contribution in [3.8, 4) is 5.75 Å². The Balaban J connectivity index is 2.14. The first-order valence-electron chi connectivity index (χ1n) is 9.17. The smallest absolute Gasteiger partial charge is 0.341 e. The van der Waals surface area contributed by atoms with Crippen LogP contribution in [0.3, 0.4) is 0 Å². The molecule has 10 heteroatoms. The van der Waals surface area contributed by atoms with E-state index in [0.717, 1.165) is 5.56 Å². The molecule has 2 rings (SSSR count). The molecule has 0 aromatic heterocycles. The molecule has 162 valence electrons. The van der Waals surface area contributed by atoms with Gasteiger partial charge in [-0.2, -0.15) is 0 Å². The van der Waals surface area contributed by atoms with Gasteiger partial charge in [-0.1, -0.05) is 29.8 Å². The number of amides is 1. The van der Waals surface area contributed by atoms with E-state index in [4.69, 9.17) is 21.3 Å². The zero-order valence-electron chi connectivity index (χ0n) is 16.5. The van der Waals surface area contributed by atoms with Gasteiger partial charge >= 0.3 is 5.97 Å². The van der Waals surface area contributed by atoms with E-state index in [2.05, 4.69) is 0 Å². The molecule has 0 unspecified atom stereocenters. The molecule has 9 nitrogen and oxygen atoms in total. The second-order valence-electron chi connectivity index (χ2n) is 6.65. The minimum absolute atomic E-state index is 0.0120. The predicted molar refractivity (Wildman–Crippen MR) is 110 cm³/mol. The van der Waals surface area contributed by atoms with Crippen molar-refractivity contribution in [2.45, 2.75) is 24.3 Å². The van der Waals surface area contributed by atoms with Crippen molar-refractivity contribution in [1.82, 2.24) is 4.31 Å². The molecule has 0 saturated heterocycles. The quantitative estimate of drug-likeness (QED) is 0.488. The Morgan fingerprint density at radius 1 is 1.10 bits per heavy atom. The Labute approximate surface area is 175 Å². The molecule has 0 aliphatic carbocycles. The van der Waals surface area contributed by atoms with Gasteiger partial charge in [0.1, 0.15) is 5.75 Å². The van der Waals surface area contributed by atoms with E-state index < -0.39 is 34.5 Å². The molecule has 30 heavy (non-hydrogen) atoms. The maximum atomic E-state index is 12.9. The number of aryl methyl sites for hydroxylation is 1. The van der Waals surface area contributed by atoms with Crippen LogP contribution >= 0.6 is 0 Å². The number of nitrogens with two attached hydrogens (primary N) is 2. The number of hydrogen-bond donors (Lipinski definition) is 3. The van der Waals surface area contributed by atoms with Crippen molar-refractivity contribution in [2.75, 3.05) is 19.7 Å². The van der Waals surface area contributed by atoms with Gasteiger partial charge in [-0.15, -0.1) is 0 Å². The highest BCUT2D eigenvalue weighted by Crippen LogP contribution is 2.19. The number of nitrogens with zero attached hydrogens (tertiary/aromatic N) is 1. The van der Waals surface area contributed by atoms with Crippen molar-refractivity contribution in [1.29, 1.82) is 0 Å². The van der Waals surface area contributed by atoms with Crippen molar-refractivity contribution >= 4 is 21.9 Å². The van der Waals surface area contributed by atoms with Gasteiger partial charge in [-0.25, -0.2) is 17.5 Å². The number of ether oxygens (including phenoxy) is 1. The van der Waals surface area contributed by atoms with Gasteiger partial charge in [0.05, 0.1) is 10.9 Å². The molecule has 2 aromatic rings. The van der Waals surface area contributed by atoms with Crippen LogP contribution in [0.2, 0.25) is 0 Å². The number of benzene rings is 2. The normalized spacial score (nSPS) is 12.2. The predicted octanol–water partition coefficient (Wildman–Crippen LogP) is 0.504. The molecule has 5 N–H and O–H groups in total. The Bertz CT molecular complexity index is 975. The fourth-order valence-electron chi connectivity index (χ4n) is 2.70. The van der Waals surface area contributed by atoms with Gasteiger partial charge in [0.25, 0.3) is 15.9 Å². The Morgan fingerprint density at radius 2 is 1.70 bits per heavy atom. The summed E-state index contributed by atoms with van der Waals surface area (Å²) >= 11 is 0. The van der Waals surface area contributed by atoms with Gasteiger partial charge in [-0.3, -0.25) is 4.79 Å². The molecule has 0 aliphatic rings. The molecule has 0 spiro atoms. The van der Waals surface area contributed by atoms with Crippen LogP contribution in [0.4, 0.5) is 0 Å². The van der Waals surface area contributed by atoms with E-state index in [1.807, 2.05) is 6.92 Å². The van der Waals surface area contributed by atoms with Gasteiger partial charge in [0, 0.05) is 13.1 Å². The molecule has 1 atom stereocenters. The lowest BCUT2D eigenvalue weighted by molar-refractivity contribution is -0.139. The first kappa shape index (κ1) is 23.3. The van der Waals surface area contributed by atoms with Gasteiger partial charge in [0.2, 0.25) is 0 Å². The maximum Gasteiger partial charge on any atom is 0.341 e. The number of carboxylic acid groups (broad SMARTS) is 1. The zero-order valence-corrected chi connectivity index (χ0v) is 17.3. The highest BCUT2D eigenvalue weighted by molar-refractivity contribution is 7.89. The number of rotatable bonds is 10. The summed E-state index contributed by atoms with van der Waals surface area (Å²) in [6.07, 6.45) is 0.0858. The second-order valence-corrected chi connectivity index (χ2v) is 8.52. The number of carbonyl (C=O) groups is 2. The van der Waals surface area contributed by atoms with E-state index >= 15 is 0 Å². The third-order valence-corrected chi connectivity index (χ3v) is 6.06. The molecule has 1 amide bonds. The standard InChI is InChI=1S/C20H25N3O6S/c1-14-2-8-17(9-3-14)30(27,28)23(11-10-21)20(26)18(22)12-15-4-6-16(7-5-15)29-13-19(24)25/h2-9,18H,10-13,21-22H2,1H3,(H,24,25)/t18-/m0/s1. The maximum absolute atomic E-state index is 12.9. The first-order valence-corrected chi connectivity index (χ1v) is 10.6. The van der Waals surface area contributed by atoms with Gasteiger partial charge in [-0.05, 0) is 43.2 Å². The van der Waals surface area contributed by atoms with Crippen LogP contribution in [0.5, 0.6) is 5.75 Å². The minimum Gasteiger partial charge on any atom is -0.482 e. The molecule has 0 heterocycles. The third kappa shape index (κ3) is 6.02. The summed E-state index contributed by atoms with van der Waals surface area (Å²) in [6, 6.07) is 11.4. The van der Waals surface area contributed by atoms with Crippen LogP contribution in [-0.2, 0) is 26.0 Å². The summed E-state index contributed by atoms with van der Waals surface area (Å²) in [5, 5.41) is 8.63. The number of carboxylic acids is 1. The third-order valence-electron chi connectivity index (χ3n) is 4.25. The van der Waals surface area contributed by atoms with E-state index in [0.29, 0.717) is 15.6 Å². The highest BCUT2D eigenvalue weighted by Gasteiger charge is 2.32. The van der Waals surface area contributed by atoms with Crippen molar-refractivity contribution < 1.29 is 27.9 Å². The monoisotopic (exact) mass is 435 g/mol. The van der Waals surface area contributed by atoms with E-state index in [1.54, 1.807) is 36.4 Å². The fourth-order valence-corrected chi connectivity index (χ4v) is 4.15. The number of carbonyl (C=O) groups excluding carboxylic acids is 1. The van der Waals surface area contributed by atoms with Crippen LogP contribution < -0.4 is 16.2 Å². The topological polar surface area (TPSA) is 153 Å². The molecule has 0 radical (unpaired) electrons. The summed E-state index contributed by atoms with van der Waals surface area (Å²) in [5.41, 5.74) is 13.1. The van der Waals surface area contributed by atoms with Crippen molar-refractivity contribution in [3.63, 3.8) is 0 Å². The Hall–Kier alpha value is -2.95. The first-order chi connectivity index (χ1) is 14.1. The lowest BCUT2D eigenvalue weighted by Gasteiger charge is -2.25. The minimum atomic E-state index is -4.09. The molecule has 0 bridgehead atoms. The largest absolute Gasteiger partial charge is 0.482 e. The molecule has 0 fully saturated rings.